The molecule has 1 aliphatic heterocycles. The molecule has 1 saturated heterocycles. The van der Waals surface area contributed by atoms with Gasteiger partial charge in [-0.15, -0.1) is 0 Å². The molecule has 124 valence electrons. The molecule has 7 heteroatoms. The third-order valence-electron chi connectivity index (χ3n) is 4.10. The molecule has 2 rings (SSSR count). The zero-order valence-electron chi connectivity index (χ0n) is 12.4. The summed E-state index contributed by atoms with van der Waals surface area (Å²) in [5, 5.41) is 0. The molecule has 0 unspecified atom stereocenters. The molecule has 1 heterocycles. The molecule has 0 saturated carbocycles. The first-order valence-corrected chi connectivity index (χ1v) is 9.13. The van der Waals surface area contributed by atoms with Gasteiger partial charge in [0.15, 0.2) is 0 Å². The second-order valence-corrected chi connectivity index (χ2v) is 7.81. The van der Waals surface area contributed by atoms with Gasteiger partial charge >= 0.3 is 6.18 Å². The van der Waals surface area contributed by atoms with Crippen molar-refractivity contribution in [2.75, 3.05) is 19.3 Å². The van der Waals surface area contributed by atoms with Gasteiger partial charge in [-0.1, -0.05) is 18.2 Å². The van der Waals surface area contributed by atoms with E-state index in [0.29, 0.717) is 25.9 Å². The Morgan fingerprint density at radius 3 is 2.59 bits per heavy atom. The topological polar surface area (TPSA) is 37.4 Å². The fourth-order valence-corrected chi connectivity index (χ4v) is 3.88. The summed E-state index contributed by atoms with van der Waals surface area (Å²) < 4.78 is 63.4. The van der Waals surface area contributed by atoms with E-state index in [-0.39, 0.29) is 11.5 Å². The number of sulfonamides is 1. The van der Waals surface area contributed by atoms with Crippen molar-refractivity contribution in [2.45, 2.75) is 31.9 Å². The van der Waals surface area contributed by atoms with Crippen LogP contribution >= 0.6 is 0 Å². The van der Waals surface area contributed by atoms with Crippen LogP contribution in [0.2, 0.25) is 0 Å². The largest absolute Gasteiger partial charge is 0.416 e. The van der Waals surface area contributed by atoms with Crippen LogP contribution in [0.3, 0.4) is 0 Å². The number of halogens is 3. The van der Waals surface area contributed by atoms with Gasteiger partial charge in [0.2, 0.25) is 10.0 Å². The summed E-state index contributed by atoms with van der Waals surface area (Å²) in [4.78, 5) is 0. The average Bonchev–Trinajstić information content (AvgIpc) is 2.44. The second kappa shape index (κ2) is 6.58. The van der Waals surface area contributed by atoms with E-state index in [0.717, 1.165) is 18.9 Å². The van der Waals surface area contributed by atoms with Crippen molar-refractivity contribution in [2.24, 2.45) is 5.92 Å². The van der Waals surface area contributed by atoms with E-state index in [1.165, 1.54) is 22.7 Å². The molecule has 1 aliphatic rings. The van der Waals surface area contributed by atoms with Crippen LogP contribution in [-0.2, 0) is 22.6 Å². The number of hydrogen-bond acceptors (Lipinski definition) is 2. The quantitative estimate of drug-likeness (QED) is 0.846. The summed E-state index contributed by atoms with van der Waals surface area (Å²) >= 11 is 0. The zero-order chi connectivity index (χ0) is 16.4. The Morgan fingerprint density at radius 2 is 1.95 bits per heavy atom. The number of nitrogens with zero attached hydrogens (tertiary/aromatic N) is 1. The zero-order valence-corrected chi connectivity index (χ0v) is 13.3. The van der Waals surface area contributed by atoms with Crippen LogP contribution < -0.4 is 0 Å². The van der Waals surface area contributed by atoms with E-state index < -0.39 is 21.8 Å². The highest BCUT2D eigenvalue weighted by atomic mass is 32.2. The van der Waals surface area contributed by atoms with Crippen molar-refractivity contribution < 1.29 is 21.6 Å². The summed E-state index contributed by atoms with van der Waals surface area (Å²) in [7, 11) is -3.22. The molecule has 3 nitrogen and oxygen atoms in total. The van der Waals surface area contributed by atoms with Crippen molar-refractivity contribution in [3.63, 3.8) is 0 Å². The van der Waals surface area contributed by atoms with Crippen molar-refractivity contribution in [1.29, 1.82) is 0 Å². The van der Waals surface area contributed by atoms with Gasteiger partial charge < -0.3 is 0 Å². The Hall–Kier alpha value is -1.08. The van der Waals surface area contributed by atoms with Crippen LogP contribution in [0, 0.1) is 5.92 Å². The smallest absolute Gasteiger partial charge is 0.213 e. The highest BCUT2D eigenvalue weighted by molar-refractivity contribution is 7.88. The molecule has 1 fully saturated rings. The van der Waals surface area contributed by atoms with E-state index >= 15 is 0 Å². The summed E-state index contributed by atoms with van der Waals surface area (Å²) in [6.07, 6.45) is -0.661. The van der Waals surface area contributed by atoms with Crippen molar-refractivity contribution in [3.05, 3.63) is 35.4 Å². The number of aryl methyl sites for hydroxylation is 1. The maximum atomic E-state index is 12.9. The number of rotatable bonds is 4. The first kappa shape index (κ1) is 17.3. The number of hydrogen-bond donors (Lipinski definition) is 0. The predicted molar refractivity (Wildman–Crippen MR) is 78.9 cm³/mol. The minimum absolute atomic E-state index is 0.116. The molecule has 1 atom stereocenters. The molecule has 0 N–H and O–H groups in total. The van der Waals surface area contributed by atoms with Crippen LogP contribution in [0.1, 0.15) is 30.4 Å². The molecule has 0 aromatic heterocycles. The van der Waals surface area contributed by atoms with E-state index in [2.05, 4.69) is 0 Å². The minimum atomic E-state index is -4.35. The van der Waals surface area contributed by atoms with Gasteiger partial charge in [0, 0.05) is 13.1 Å². The van der Waals surface area contributed by atoms with Crippen LogP contribution in [0.15, 0.2) is 24.3 Å². The van der Waals surface area contributed by atoms with Gasteiger partial charge in [-0.3, -0.25) is 0 Å². The van der Waals surface area contributed by atoms with Crippen LogP contribution in [0.25, 0.3) is 0 Å². The Kier molecular flexibility index (Phi) is 5.17. The highest BCUT2D eigenvalue weighted by Gasteiger charge is 2.33. The molecular weight excluding hydrogens is 315 g/mol. The molecule has 22 heavy (non-hydrogen) atoms. The third-order valence-corrected chi connectivity index (χ3v) is 5.37. The predicted octanol–water partition coefficient (Wildman–Crippen LogP) is 3.31. The molecule has 0 aliphatic carbocycles. The maximum Gasteiger partial charge on any atom is 0.416 e. The van der Waals surface area contributed by atoms with Gasteiger partial charge in [0.25, 0.3) is 0 Å². The average molecular weight is 335 g/mol. The first-order valence-electron chi connectivity index (χ1n) is 7.28. The van der Waals surface area contributed by atoms with E-state index in [9.17, 15) is 21.6 Å². The summed E-state index contributed by atoms with van der Waals surface area (Å²) in [6, 6.07) is 5.59. The fraction of sp³-hybridized carbons (Fsp3) is 0.600. The monoisotopic (exact) mass is 335 g/mol. The molecule has 0 amide bonds. The molecular formula is C15H20F3NO2S. The SMILES string of the molecule is CS(=O)(=O)N1CCC[C@H](CCc2ccccc2C(F)(F)F)C1. The van der Waals surface area contributed by atoms with Crippen molar-refractivity contribution >= 4 is 10.0 Å². The molecule has 0 bridgehead atoms. The van der Waals surface area contributed by atoms with E-state index in [1.54, 1.807) is 6.07 Å². The van der Waals surface area contributed by atoms with Crippen molar-refractivity contribution in [1.82, 2.24) is 4.31 Å². The summed E-state index contributed by atoms with van der Waals surface area (Å²) in [5.74, 6) is 0.116. The lowest BCUT2D eigenvalue weighted by Gasteiger charge is -2.31. The Labute approximate surface area is 129 Å². The lowest BCUT2D eigenvalue weighted by Crippen LogP contribution is -2.39. The molecule has 1 aromatic carbocycles. The normalized spacial score (nSPS) is 21.0. The first-order chi connectivity index (χ1) is 10.2. The van der Waals surface area contributed by atoms with Gasteiger partial charge in [-0.25, -0.2) is 12.7 Å². The van der Waals surface area contributed by atoms with E-state index in [4.69, 9.17) is 0 Å². The maximum absolute atomic E-state index is 12.9. The highest BCUT2D eigenvalue weighted by Crippen LogP contribution is 2.33. The third kappa shape index (κ3) is 4.46. The molecule has 1 aromatic rings. The Morgan fingerprint density at radius 1 is 1.27 bits per heavy atom. The lowest BCUT2D eigenvalue weighted by atomic mass is 9.91. The van der Waals surface area contributed by atoms with Crippen molar-refractivity contribution in [3.8, 4) is 0 Å². The summed E-state index contributed by atoms with van der Waals surface area (Å²) in [6.45, 7) is 0.918. The Balaban J connectivity index is 2.02. The molecule has 0 spiro atoms. The van der Waals surface area contributed by atoms with Gasteiger partial charge in [-0.05, 0) is 43.2 Å². The van der Waals surface area contributed by atoms with Gasteiger partial charge in [-0.2, -0.15) is 13.2 Å². The summed E-state index contributed by atoms with van der Waals surface area (Å²) in [5.41, 5.74) is -0.308. The number of alkyl halides is 3. The molecule has 0 radical (unpaired) electrons. The standard InChI is InChI=1S/C15H20F3NO2S/c1-22(20,21)19-10-4-5-12(11-19)8-9-13-6-2-3-7-14(13)15(16,17)18/h2-3,6-7,12H,4-5,8-11H2,1H3/t12-/m1/s1. The second-order valence-electron chi connectivity index (χ2n) is 5.82. The number of benzene rings is 1. The van der Waals surface area contributed by atoms with Gasteiger partial charge in [0.1, 0.15) is 0 Å². The van der Waals surface area contributed by atoms with Crippen LogP contribution in [-0.4, -0.2) is 32.1 Å². The number of piperidine rings is 1. The van der Waals surface area contributed by atoms with Crippen LogP contribution in [0.5, 0.6) is 0 Å². The van der Waals surface area contributed by atoms with E-state index in [1.807, 2.05) is 0 Å². The van der Waals surface area contributed by atoms with Gasteiger partial charge in [0.05, 0.1) is 11.8 Å². The fourth-order valence-electron chi connectivity index (χ4n) is 2.94. The minimum Gasteiger partial charge on any atom is -0.213 e. The van der Waals surface area contributed by atoms with Crippen LogP contribution in [0.4, 0.5) is 13.2 Å². The Bertz CT molecular complexity index is 613. The lowest BCUT2D eigenvalue weighted by molar-refractivity contribution is -0.138.